The van der Waals surface area contributed by atoms with Gasteiger partial charge in [-0.1, -0.05) is 34.4 Å². The van der Waals surface area contributed by atoms with E-state index in [0.29, 0.717) is 20.7 Å². The molecule has 0 bridgehead atoms. The Balaban J connectivity index is 2.19. The number of carbonyl (C=O) groups is 1. The summed E-state index contributed by atoms with van der Waals surface area (Å²) in [4.78, 5) is 21.2. The first-order valence-electron chi connectivity index (χ1n) is 6.54. The molecule has 0 spiro atoms. The van der Waals surface area contributed by atoms with Gasteiger partial charge in [-0.05, 0) is 19.1 Å². The fourth-order valence-electron chi connectivity index (χ4n) is 1.62. The monoisotopic (exact) mass is 373 g/mol. The first kappa shape index (κ1) is 17.5. The average Bonchev–Trinajstić information content (AvgIpc) is 2.92. The summed E-state index contributed by atoms with van der Waals surface area (Å²) in [5.41, 5.74) is 6.37. The van der Waals surface area contributed by atoms with Crippen LogP contribution in [0, 0.1) is 0 Å². The highest BCUT2D eigenvalue weighted by molar-refractivity contribution is 7.13. The predicted molar refractivity (Wildman–Crippen MR) is 90.9 cm³/mol. The molecule has 2 aromatic rings. The van der Waals surface area contributed by atoms with E-state index in [1.54, 1.807) is 30.5 Å². The largest absolute Gasteiger partial charge is 0.461 e. The predicted octanol–water partition coefficient (Wildman–Crippen LogP) is 3.52. The van der Waals surface area contributed by atoms with Crippen LogP contribution in [-0.2, 0) is 21.0 Å². The Bertz CT molecular complexity index is 714. The fraction of sp³-hybridized carbons (Fsp3) is 0.214. The van der Waals surface area contributed by atoms with Crippen molar-refractivity contribution in [3.8, 4) is 0 Å². The van der Waals surface area contributed by atoms with Crippen LogP contribution in [-0.4, -0.2) is 23.3 Å². The molecule has 122 valence electrons. The number of hydrogen-bond acceptors (Lipinski definition) is 7. The molecular weight excluding hydrogens is 361 g/mol. The lowest BCUT2D eigenvalue weighted by atomic mass is 10.2. The lowest BCUT2D eigenvalue weighted by molar-refractivity contribution is -0.135. The van der Waals surface area contributed by atoms with Crippen LogP contribution in [0.1, 0.15) is 18.2 Å². The number of benzene rings is 1. The first-order chi connectivity index (χ1) is 11.0. The molecule has 1 aromatic heterocycles. The van der Waals surface area contributed by atoms with E-state index >= 15 is 0 Å². The van der Waals surface area contributed by atoms with E-state index in [4.69, 9.17) is 38.5 Å². The number of carbonyl (C=O) groups excluding carboxylic acids is 1. The zero-order valence-corrected chi connectivity index (χ0v) is 14.4. The number of thiazole rings is 1. The van der Waals surface area contributed by atoms with Gasteiger partial charge in [0.05, 0.1) is 6.61 Å². The summed E-state index contributed by atoms with van der Waals surface area (Å²) < 4.78 is 4.94. The topological polar surface area (TPSA) is 86.8 Å². The van der Waals surface area contributed by atoms with Gasteiger partial charge in [0.2, 0.25) is 5.71 Å². The van der Waals surface area contributed by atoms with E-state index in [1.807, 2.05) is 0 Å². The maximum atomic E-state index is 12.0. The van der Waals surface area contributed by atoms with Gasteiger partial charge >= 0.3 is 5.97 Å². The van der Waals surface area contributed by atoms with Crippen LogP contribution in [0.3, 0.4) is 0 Å². The molecule has 0 aliphatic rings. The quantitative estimate of drug-likeness (QED) is 0.475. The minimum absolute atomic E-state index is 0.00102. The minimum atomic E-state index is -0.650. The van der Waals surface area contributed by atoms with E-state index in [9.17, 15) is 4.79 Å². The zero-order chi connectivity index (χ0) is 16.8. The molecule has 0 aliphatic heterocycles. The fourth-order valence-corrected chi connectivity index (χ4v) is 2.67. The second-order valence-corrected chi connectivity index (χ2v) is 5.91. The Morgan fingerprint density at radius 2 is 2.09 bits per heavy atom. The third-order valence-electron chi connectivity index (χ3n) is 2.66. The molecular formula is C14H13Cl2N3O3S. The molecule has 0 fully saturated rings. The van der Waals surface area contributed by atoms with Crippen LogP contribution in [0.5, 0.6) is 0 Å². The number of nitrogen functional groups attached to an aromatic ring is 1. The van der Waals surface area contributed by atoms with E-state index in [1.165, 1.54) is 11.3 Å². The Labute approximate surface area is 146 Å². The molecule has 2 rings (SSSR count). The number of ether oxygens (including phenoxy) is 1. The summed E-state index contributed by atoms with van der Waals surface area (Å²) in [5.74, 6) is -0.650. The van der Waals surface area contributed by atoms with Gasteiger partial charge in [0, 0.05) is 21.0 Å². The average molecular weight is 374 g/mol. The van der Waals surface area contributed by atoms with Gasteiger partial charge in [0.1, 0.15) is 12.3 Å². The third-order valence-corrected chi connectivity index (χ3v) is 4.04. The maximum absolute atomic E-state index is 12.0. The van der Waals surface area contributed by atoms with Gasteiger partial charge in [-0.25, -0.2) is 9.78 Å². The number of esters is 1. The number of nitrogens with zero attached hydrogens (tertiary/aromatic N) is 2. The number of halogens is 2. The molecule has 0 atom stereocenters. The molecule has 9 heteroatoms. The Hall–Kier alpha value is -1.83. The van der Waals surface area contributed by atoms with Crippen LogP contribution in [0.2, 0.25) is 10.0 Å². The van der Waals surface area contributed by atoms with Crippen LogP contribution in [0.4, 0.5) is 5.13 Å². The molecule has 1 heterocycles. The second-order valence-electron chi connectivity index (χ2n) is 4.20. The Morgan fingerprint density at radius 3 is 2.65 bits per heavy atom. The molecule has 0 radical (unpaired) electrons. The van der Waals surface area contributed by atoms with Gasteiger partial charge in [-0.15, -0.1) is 11.3 Å². The number of rotatable bonds is 6. The molecule has 0 amide bonds. The van der Waals surface area contributed by atoms with Gasteiger partial charge in [0.15, 0.2) is 5.13 Å². The first-order valence-corrected chi connectivity index (χ1v) is 8.17. The van der Waals surface area contributed by atoms with E-state index < -0.39 is 5.97 Å². The van der Waals surface area contributed by atoms with E-state index in [0.717, 1.165) is 0 Å². The van der Waals surface area contributed by atoms with Crippen molar-refractivity contribution in [1.82, 2.24) is 4.98 Å². The van der Waals surface area contributed by atoms with Crippen molar-refractivity contribution >= 4 is 51.4 Å². The van der Waals surface area contributed by atoms with Crippen molar-refractivity contribution in [2.45, 2.75) is 13.5 Å². The Kier molecular flexibility index (Phi) is 6.20. The third kappa shape index (κ3) is 4.57. The normalized spacial score (nSPS) is 11.3. The highest BCUT2D eigenvalue weighted by Crippen LogP contribution is 2.25. The smallest absolute Gasteiger partial charge is 0.362 e. The van der Waals surface area contributed by atoms with Gasteiger partial charge in [-0.2, -0.15) is 0 Å². The summed E-state index contributed by atoms with van der Waals surface area (Å²) in [5, 5.41) is 6.62. The number of anilines is 1. The van der Waals surface area contributed by atoms with Crippen LogP contribution in [0.25, 0.3) is 0 Å². The number of hydrogen-bond donors (Lipinski definition) is 1. The number of nitrogens with two attached hydrogens (primary N) is 1. The van der Waals surface area contributed by atoms with Gasteiger partial charge in [0.25, 0.3) is 0 Å². The molecule has 23 heavy (non-hydrogen) atoms. The molecule has 1 aromatic carbocycles. The van der Waals surface area contributed by atoms with E-state index in [-0.39, 0.29) is 24.6 Å². The maximum Gasteiger partial charge on any atom is 0.362 e. The molecule has 6 nitrogen and oxygen atoms in total. The lowest BCUT2D eigenvalue weighted by Gasteiger charge is -2.07. The summed E-state index contributed by atoms with van der Waals surface area (Å²) >= 11 is 13.3. The van der Waals surface area contributed by atoms with Gasteiger partial charge in [-0.3, -0.25) is 0 Å². The zero-order valence-electron chi connectivity index (χ0n) is 12.1. The summed E-state index contributed by atoms with van der Waals surface area (Å²) in [6.45, 7) is 1.89. The molecule has 0 saturated carbocycles. The highest BCUT2D eigenvalue weighted by atomic mass is 35.5. The molecule has 2 N–H and O–H groups in total. The molecule has 0 unspecified atom stereocenters. The number of aromatic nitrogens is 1. The van der Waals surface area contributed by atoms with Crippen molar-refractivity contribution in [2.75, 3.05) is 12.3 Å². The van der Waals surface area contributed by atoms with Gasteiger partial charge < -0.3 is 15.3 Å². The van der Waals surface area contributed by atoms with Crippen molar-refractivity contribution in [3.63, 3.8) is 0 Å². The number of oxime groups is 1. The van der Waals surface area contributed by atoms with Crippen molar-refractivity contribution < 1.29 is 14.4 Å². The summed E-state index contributed by atoms with van der Waals surface area (Å²) in [6, 6.07) is 5.09. The molecule has 0 aliphatic carbocycles. The summed E-state index contributed by atoms with van der Waals surface area (Å²) in [6.07, 6.45) is 0. The second kappa shape index (κ2) is 8.14. The minimum Gasteiger partial charge on any atom is -0.461 e. The van der Waals surface area contributed by atoms with Crippen LogP contribution < -0.4 is 5.73 Å². The standard InChI is InChI=1S/C14H13Cl2N3O3S/c1-2-21-13(20)12(11-7-23-14(17)18-11)19-22-6-8-9(15)4-3-5-10(8)16/h3-5,7H,2,6H2,1H3,(H2,17,18)/b19-12+. The van der Waals surface area contributed by atoms with Crippen molar-refractivity contribution in [2.24, 2.45) is 5.16 Å². The Morgan fingerprint density at radius 1 is 1.39 bits per heavy atom. The van der Waals surface area contributed by atoms with Crippen molar-refractivity contribution in [3.05, 3.63) is 44.9 Å². The molecule has 0 saturated heterocycles. The van der Waals surface area contributed by atoms with Crippen LogP contribution >= 0.6 is 34.5 Å². The SMILES string of the molecule is CCOC(=O)/C(=N/OCc1c(Cl)cccc1Cl)c1csc(N)n1. The summed E-state index contributed by atoms with van der Waals surface area (Å²) in [7, 11) is 0. The van der Waals surface area contributed by atoms with Crippen LogP contribution in [0.15, 0.2) is 28.7 Å². The lowest BCUT2D eigenvalue weighted by Crippen LogP contribution is -2.19. The highest BCUT2D eigenvalue weighted by Gasteiger charge is 2.19. The van der Waals surface area contributed by atoms with Crippen molar-refractivity contribution in [1.29, 1.82) is 0 Å². The van der Waals surface area contributed by atoms with E-state index in [2.05, 4.69) is 10.1 Å².